The van der Waals surface area contributed by atoms with Crippen LogP contribution >= 0.6 is 11.6 Å². The normalized spacial score (nSPS) is 14.3. The zero-order chi connectivity index (χ0) is 17.2. The molecule has 1 heterocycles. The Morgan fingerprint density at radius 2 is 1.48 bits per heavy atom. The molecule has 4 rings (SSSR count). The number of benzene rings is 3. The minimum absolute atomic E-state index is 0.0999. The van der Waals surface area contributed by atoms with Crippen LogP contribution < -0.4 is 9.47 Å². The highest BCUT2D eigenvalue weighted by Gasteiger charge is 2.26. The predicted molar refractivity (Wildman–Crippen MR) is 97.3 cm³/mol. The molecule has 0 radical (unpaired) electrons. The SMILES string of the molecule is O=C1/C(=C/c2ccc(Oc3ccc(Cl)cc3)cc2)Oc2ccccc21. The molecule has 0 saturated carbocycles. The highest BCUT2D eigenvalue weighted by atomic mass is 35.5. The van der Waals surface area contributed by atoms with Crippen molar-refractivity contribution < 1.29 is 14.3 Å². The maximum absolute atomic E-state index is 12.3. The molecular formula is C21H13ClO3. The second-order valence-electron chi connectivity index (χ2n) is 5.56. The van der Waals surface area contributed by atoms with Crippen LogP contribution in [-0.4, -0.2) is 5.78 Å². The van der Waals surface area contributed by atoms with Gasteiger partial charge in [-0.3, -0.25) is 4.79 Å². The first-order valence-electron chi connectivity index (χ1n) is 7.76. The number of hydrogen-bond acceptors (Lipinski definition) is 3. The van der Waals surface area contributed by atoms with E-state index in [2.05, 4.69) is 0 Å². The van der Waals surface area contributed by atoms with E-state index in [1.54, 1.807) is 42.5 Å². The lowest BCUT2D eigenvalue weighted by atomic mass is 10.1. The van der Waals surface area contributed by atoms with E-state index in [1.165, 1.54) is 0 Å². The van der Waals surface area contributed by atoms with Crippen molar-refractivity contribution in [3.8, 4) is 17.2 Å². The van der Waals surface area contributed by atoms with Crippen LogP contribution in [0.25, 0.3) is 6.08 Å². The van der Waals surface area contributed by atoms with Crippen molar-refractivity contribution in [1.29, 1.82) is 0 Å². The summed E-state index contributed by atoms with van der Waals surface area (Å²) in [7, 11) is 0. The van der Waals surface area contributed by atoms with Crippen LogP contribution in [0.2, 0.25) is 5.02 Å². The van der Waals surface area contributed by atoms with E-state index in [9.17, 15) is 4.79 Å². The third-order valence-corrected chi connectivity index (χ3v) is 4.05. The highest BCUT2D eigenvalue weighted by Crippen LogP contribution is 2.31. The summed E-state index contributed by atoms with van der Waals surface area (Å²) >= 11 is 5.86. The smallest absolute Gasteiger partial charge is 0.231 e. The monoisotopic (exact) mass is 348 g/mol. The van der Waals surface area contributed by atoms with Crippen molar-refractivity contribution in [2.45, 2.75) is 0 Å². The molecule has 0 spiro atoms. The molecule has 3 nitrogen and oxygen atoms in total. The largest absolute Gasteiger partial charge is 0.457 e. The first-order chi connectivity index (χ1) is 12.2. The van der Waals surface area contributed by atoms with E-state index >= 15 is 0 Å². The summed E-state index contributed by atoms with van der Waals surface area (Å²) < 4.78 is 11.4. The van der Waals surface area contributed by atoms with Gasteiger partial charge in [0.05, 0.1) is 5.56 Å². The lowest BCUT2D eigenvalue weighted by molar-refractivity contribution is 0.101. The number of carbonyl (C=O) groups excluding carboxylic acids is 1. The van der Waals surface area contributed by atoms with Gasteiger partial charge < -0.3 is 9.47 Å². The third-order valence-electron chi connectivity index (χ3n) is 3.80. The number of hydrogen-bond donors (Lipinski definition) is 0. The standard InChI is InChI=1S/C21H13ClO3/c22-15-7-11-17(12-8-15)24-16-9-5-14(6-10-16)13-20-21(23)18-3-1-2-4-19(18)25-20/h1-13H/b20-13-. The summed E-state index contributed by atoms with van der Waals surface area (Å²) in [6, 6.07) is 21.8. The molecule has 0 atom stereocenters. The molecule has 1 aliphatic heterocycles. The average Bonchev–Trinajstić information content (AvgIpc) is 2.95. The van der Waals surface area contributed by atoms with Gasteiger partial charge in [-0.2, -0.15) is 0 Å². The number of ketones is 1. The van der Waals surface area contributed by atoms with E-state index < -0.39 is 0 Å². The summed E-state index contributed by atoms with van der Waals surface area (Å²) in [4.78, 5) is 12.3. The lowest BCUT2D eigenvalue weighted by Gasteiger charge is -2.06. The van der Waals surface area contributed by atoms with Crippen LogP contribution in [0.15, 0.2) is 78.6 Å². The molecule has 4 heteroatoms. The second kappa shape index (κ2) is 6.46. The Hall–Kier alpha value is -3.04. The lowest BCUT2D eigenvalue weighted by Crippen LogP contribution is -1.97. The zero-order valence-electron chi connectivity index (χ0n) is 13.1. The fraction of sp³-hybridized carbons (Fsp3) is 0. The summed E-state index contributed by atoms with van der Waals surface area (Å²) in [5.74, 6) is 2.23. The number of allylic oxidation sites excluding steroid dienone is 1. The molecule has 122 valence electrons. The first-order valence-corrected chi connectivity index (χ1v) is 8.14. The minimum Gasteiger partial charge on any atom is -0.457 e. The van der Waals surface area contributed by atoms with Crippen LogP contribution in [0.5, 0.6) is 17.2 Å². The van der Waals surface area contributed by atoms with Gasteiger partial charge in [-0.1, -0.05) is 35.9 Å². The summed E-state index contributed by atoms with van der Waals surface area (Å²) in [5.41, 5.74) is 1.45. The van der Waals surface area contributed by atoms with Gasteiger partial charge in [0.2, 0.25) is 5.78 Å². The van der Waals surface area contributed by atoms with Gasteiger partial charge in [-0.15, -0.1) is 0 Å². The van der Waals surface area contributed by atoms with Crippen LogP contribution in [0.4, 0.5) is 0 Å². The van der Waals surface area contributed by atoms with Crippen LogP contribution in [0, 0.1) is 0 Å². The van der Waals surface area contributed by atoms with Crippen molar-refractivity contribution in [2.24, 2.45) is 0 Å². The fourth-order valence-electron chi connectivity index (χ4n) is 2.56. The van der Waals surface area contributed by atoms with Crippen molar-refractivity contribution in [3.05, 3.63) is 94.7 Å². The van der Waals surface area contributed by atoms with E-state index in [0.717, 1.165) is 5.56 Å². The molecule has 0 unspecified atom stereocenters. The second-order valence-corrected chi connectivity index (χ2v) is 6.00. The molecular weight excluding hydrogens is 336 g/mol. The number of carbonyl (C=O) groups is 1. The van der Waals surface area contributed by atoms with Gasteiger partial charge in [0.1, 0.15) is 17.2 Å². The quantitative estimate of drug-likeness (QED) is 0.565. The maximum Gasteiger partial charge on any atom is 0.231 e. The molecule has 0 saturated heterocycles. The minimum atomic E-state index is -0.0999. The number of rotatable bonds is 3. The Morgan fingerprint density at radius 3 is 2.16 bits per heavy atom. The first kappa shape index (κ1) is 15.5. The van der Waals surface area contributed by atoms with Gasteiger partial charge in [0.25, 0.3) is 0 Å². The molecule has 25 heavy (non-hydrogen) atoms. The van der Waals surface area contributed by atoms with E-state index in [1.807, 2.05) is 36.4 Å². The Labute approximate surface area is 150 Å². The zero-order valence-corrected chi connectivity index (χ0v) is 13.9. The number of para-hydroxylation sites is 1. The Bertz CT molecular complexity index is 957. The van der Waals surface area contributed by atoms with Crippen molar-refractivity contribution in [1.82, 2.24) is 0 Å². The van der Waals surface area contributed by atoms with E-state index in [-0.39, 0.29) is 5.78 Å². The number of ether oxygens (including phenoxy) is 2. The average molecular weight is 349 g/mol. The number of Topliss-reactive ketones (excluding diaryl/α,β-unsaturated/α-hetero) is 1. The Kier molecular flexibility index (Phi) is 4.00. The van der Waals surface area contributed by atoms with E-state index in [4.69, 9.17) is 21.1 Å². The number of fused-ring (bicyclic) bond motifs is 1. The highest BCUT2D eigenvalue weighted by molar-refractivity contribution is 6.30. The van der Waals surface area contributed by atoms with Crippen LogP contribution in [0.1, 0.15) is 15.9 Å². The summed E-state index contributed by atoms with van der Waals surface area (Å²) in [6.07, 6.45) is 1.73. The van der Waals surface area contributed by atoms with Gasteiger partial charge in [0.15, 0.2) is 5.76 Å². The Balaban J connectivity index is 1.51. The molecule has 0 amide bonds. The molecule has 0 bridgehead atoms. The third kappa shape index (κ3) is 3.28. The van der Waals surface area contributed by atoms with Gasteiger partial charge in [-0.25, -0.2) is 0 Å². The summed E-state index contributed by atoms with van der Waals surface area (Å²) in [6.45, 7) is 0. The van der Waals surface area contributed by atoms with Crippen molar-refractivity contribution in [2.75, 3.05) is 0 Å². The van der Waals surface area contributed by atoms with Crippen molar-refractivity contribution >= 4 is 23.5 Å². The van der Waals surface area contributed by atoms with Crippen LogP contribution in [-0.2, 0) is 0 Å². The Morgan fingerprint density at radius 1 is 0.840 bits per heavy atom. The van der Waals surface area contributed by atoms with E-state index in [0.29, 0.717) is 33.6 Å². The molecule has 3 aromatic rings. The maximum atomic E-state index is 12.3. The molecule has 3 aromatic carbocycles. The summed E-state index contributed by atoms with van der Waals surface area (Å²) in [5, 5.41) is 0.663. The topological polar surface area (TPSA) is 35.5 Å². The van der Waals surface area contributed by atoms with Gasteiger partial charge in [-0.05, 0) is 60.2 Å². The molecule has 0 N–H and O–H groups in total. The predicted octanol–water partition coefficient (Wildman–Crippen LogP) is 5.75. The molecule has 1 aliphatic rings. The fourth-order valence-corrected chi connectivity index (χ4v) is 2.68. The van der Waals surface area contributed by atoms with Crippen molar-refractivity contribution in [3.63, 3.8) is 0 Å². The van der Waals surface area contributed by atoms with Crippen LogP contribution in [0.3, 0.4) is 0 Å². The molecule has 0 fully saturated rings. The van der Waals surface area contributed by atoms with Gasteiger partial charge in [0, 0.05) is 5.02 Å². The molecule has 0 aliphatic carbocycles. The van der Waals surface area contributed by atoms with Gasteiger partial charge >= 0.3 is 0 Å². The number of halogens is 1. The molecule has 0 aromatic heterocycles.